The first-order chi connectivity index (χ1) is 7.59. The molecule has 1 aliphatic rings. The van der Waals surface area contributed by atoms with Crippen molar-refractivity contribution in [1.82, 2.24) is 5.32 Å². The van der Waals surface area contributed by atoms with Crippen LogP contribution < -0.4 is 5.32 Å². The van der Waals surface area contributed by atoms with E-state index in [0.717, 1.165) is 12.8 Å². The molecule has 0 aromatic rings. The van der Waals surface area contributed by atoms with E-state index < -0.39 is 5.97 Å². The van der Waals surface area contributed by atoms with E-state index in [1.54, 1.807) is 0 Å². The number of carbonyl (C=O) groups is 2. The SMILES string of the molecule is CC(CCC(=O)O)CNC(=O)[C@@H]1CCCO1. The molecule has 0 spiro atoms. The van der Waals surface area contributed by atoms with Crippen molar-refractivity contribution in [3.05, 3.63) is 0 Å². The minimum atomic E-state index is -0.794. The van der Waals surface area contributed by atoms with Crippen LogP contribution >= 0.6 is 0 Å². The highest BCUT2D eigenvalue weighted by Gasteiger charge is 2.23. The normalized spacial score (nSPS) is 21.7. The molecule has 2 atom stereocenters. The lowest BCUT2D eigenvalue weighted by atomic mass is 10.1. The van der Waals surface area contributed by atoms with Gasteiger partial charge < -0.3 is 15.2 Å². The zero-order chi connectivity index (χ0) is 12.0. The molecular weight excluding hydrogens is 210 g/mol. The van der Waals surface area contributed by atoms with Gasteiger partial charge in [-0.1, -0.05) is 6.92 Å². The summed E-state index contributed by atoms with van der Waals surface area (Å²) in [5.74, 6) is -0.682. The van der Waals surface area contributed by atoms with Crippen molar-refractivity contribution in [3.63, 3.8) is 0 Å². The third-order valence-corrected chi connectivity index (χ3v) is 2.70. The Morgan fingerprint density at radius 2 is 2.31 bits per heavy atom. The zero-order valence-corrected chi connectivity index (χ0v) is 9.57. The Kier molecular flexibility index (Phi) is 5.25. The van der Waals surface area contributed by atoms with Crippen LogP contribution in [0.3, 0.4) is 0 Å². The van der Waals surface area contributed by atoms with Gasteiger partial charge in [0, 0.05) is 19.6 Å². The van der Waals surface area contributed by atoms with E-state index in [-0.39, 0.29) is 24.3 Å². The van der Waals surface area contributed by atoms with Gasteiger partial charge >= 0.3 is 5.97 Å². The number of nitrogens with one attached hydrogen (secondary N) is 1. The molecule has 1 unspecified atom stereocenters. The fraction of sp³-hybridized carbons (Fsp3) is 0.818. The highest BCUT2D eigenvalue weighted by atomic mass is 16.5. The van der Waals surface area contributed by atoms with E-state index in [1.807, 2.05) is 6.92 Å². The number of carbonyl (C=O) groups excluding carboxylic acids is 1. The average molecular weight is 229 g/mol. The molecule has 0 saturated carbocycles. The van der Waals surface area contributed by atoms with Gasteiger partial charge in [0.2, 0.25) is 5.91 Å². The Morgan fingerprint density at radius 3 is 2.88 bits per heavy atom. The second kappa shape index (κ2) is 6.48. The second-order valence-electron chi connectivity index (χ2n) is 4.28. The number of hydrogen-bond acceptors (Lipinski definition) is 3. The van der Waals surface area contributed by atoms with Crippen LogP contribution in [-0.4, -0.2) is 36.2 Å². The number of carboxylic acid groups (broad SMARTS) is 1. The molecule has 1 heterocycles. The Bertz CT molecular complexity index is 248. The number of ether oxygens (including phenoxy) is 1. The van der Waals surface area contributed by atoms with Crippen LogP contribution in [0.2, 0.25) is 0 Å². The van der Waals surface area contributed by atoms with Gasteiger partial charge in [-0.15, -0.1) is 0 Å². The summed E-state index contributed by atoms with van der Waals surface area (Å²) in [7, 11) is 0. The molecule has 0 radical (unpaired) electrons. The third-order valence-electron chi connectivity index (χ3n) is 2.70. The molecule has 0 aliphatic carbocycles. The van der Waals surface area contributed by atoms with Crippen molar-refractivity contribution < 1.29 is 19.4 Å². The summed E-state index contributed by atoms with van der Waals surface area (Å²) in [5, 5.41) is 11.3. The molecule has 5 heteroatoms. The van der Waals surface area contributed by atoms with Crippen molar-refractivity contribution in [2.75, 3.05) is 13.2 Å². The van der Waals surface area contributed by atoms with E-state index in [2.05, 4.69) is 5.32 Å². The van der Waals surface area contributed by atoms with Gasteiger partial charge in [0.05, 0.1) is 0 Å². The fourth-order valence-corrected chi connectivity index (χ4v) is 1.65. The van der Waals surface area contributed by atoms with Gasteiger partial charge in [-0.2, -0.15) is 0 Å². The Labute approximate surface area is 95.2 Å². The van der Waals surface area contributed by atoms with Gasteiger partial charge in [-0.25, -0.2) is 0 Å². The summed E-state index contributed by atoms with van der Waals surface area (Å²) in [6.07, 6.45) is 2.16. The molecule has 0 bridgehead atoms. The van der Waals surface area contributed by atoms with Crippen molar-refractivity contribution >= 4 is 11.9 Å². The number of aliphatic carboxylic acids is 1. The van der Waals surface area contributed by atoms with Crippen molar-refractivity contribution in [1.29, 1.82) is 0 Å². The van der Waals surface area contributed by atoms with Crippen LogP contribution in [0.5, 0.6) is 0 Å². The van der Waals surface area contributed by atoms with E-state index in [1.165, 1.54) is 0 Å². The van der Waals surface area contributed by atoms with E-state index in [0.29, 0.717) is 19.6 Å². The maximum Gasteiger partial charge on any atom is 0.303 e. The van der Waals surface area contributed by atoms with Crippen LogP contribution in [0.25, 0.3) is 0 Å². The lowest BCUT2D eigenvalue weighted by molar-refractivity contribution is -0.137. The van der Waals surface area contributed by atoms with Crippen molar-refractivity contribution in [2.45, 2.75) is 38.7 Å². The minimum absolute atomic E-state index is 0.0697. The number of amides is 1. The number of hydrogen-bond donors (Lipinski definition) is 2. The molecular formula is C11H19NO4. The summed E-state index contributed by atoms with van der Waals surface area (Å²) >= 11 is 0. The fourth-order valence-electron chi connectivity index (χ4n) is 1.65. The molecule has 1 saturated heterocycles. The molecule has 1 fully saturated rings. The Balaban J connectivity index is 2.12. The summed E-state index contributed by atoms with van der Waals surface area (Å²) in [6.45, 7) is 3.11. The van der Waals surface area contributed by atoms with E-state index >= 15 is 0 Å². The lowest BCUT2D eigenvalue weighted by Gasteiger charge is -2.14. The lowest BCUT2D eigenvalue weighted by Crippen LogP contribution is -2.36. The van der Waals surface area contributed by atoms with Gasteiger partial charge in [-0.3, -0.25) is 9.59 Å². The molecule has 1 rings (SSSR count). The average Bonchev–Trinajstić information content (AvgIpc) is 2.76. The quantitative estimate of drug-likeness (QED) is 0.705. The molecule has 0 aromatic carbocycles. The smallest absolute Gasteiger partial charge is 0.303 e. The largest absolute Gasteiger partial charge is 0.481 e. The van der Waals surface area contributed by atoms with Gasteiger partial charge in [0.15, 0.2) is 0 Å². The molecule has 5 nitrogen and oxygen atoms in total. The summed E-state index contributed by atoms with van der Waals surface area (Å²) in [6, 6.07) is 0. The maximum atomic E-state index is 11.5. The predicted octanol–water partition coefficient (Wildman–Crippen LogP) is 0.782. The first-order valence-electron chi connectivity index (χ1n) is 5.70. The van der Waals surface area contributed by atoms with Crippen molar-refractivity contribution in [2.24, 2.45) is 5.92 Å². The van der Waals surface area contributed by atoms with Crippen LogP contribution in [0, 0.1) is 5.92 Å². The molecule has 0 aromatic heterocycles. The topological polar surface area (TPSA) is 75.6 Å². The van der Waals surface area contributed by atoms with Crippen LogP contribution in [0.1, 0.15) is 32.6 Å². The third kappa shape index (κ3) is 4.61. The van der Waals surface area contributed by atoms with Gasteiger partial charge in [0.1, 0.15) is 6.10 Å². The highest BCUT2D eigenvalue weighted by molar-refractivity contribution is 5.80. The first kappa shape index (κ1) is 13.0. The monoisotopic (exact) mass is 229 g/mol. The van der Waals surface area contributed by atoms with Crippen molar-refractivity contribution in [3.8, 4) is 0 Å². The predicted molar refractivity (Wildman–Crippen MR) is 58.0 cm³/mol. The summed E-state index contributed by atoms with van der Waals surface area (Å²) in [4.78, 5) is 21.9. The van der Waals surface area contributed by atoms with Crippen LogP contribution in [-0.2, 0) is 14.3 Å². The zero-order valence-electron chi connectivity index (χ0n) is 9.57. The molecule has 16 heavy (non-hydrogen) atoms. The number of carboxylic acids is 1. The maximum absolute atomic E-state index is 11.5. The highest BCUT2D eigenvalue weighted by Crippen LogP contribution is 2.12. The van der Waals surface area contributed by atoms with Gasteiger partial charge in [-0.05, 0) is 25.2 Å². The van der Waals surface area contributed by atoms with E-state index in [9.17, 15) is 9.59 Å². The molecule has 2 N–H and O–H groups in total. The summed E-state index contributed by atoms with van der Waals surface area (Å²) < 4.78 is 5.24. The molecule has 92 valence electrons. The van der Waals surface area contributed by atoms with E-state index in [4.69, 9.17) is 9.84 Å². The standard InChI is InChI=1S/C11H19NO4/c1-8(4-5-10(13)14)7-12-11(15)9-3-2-6-16-9/h8-9H,2-7H2,1H3,(H,12,15)(H,13,14)/t8?,9-/m0/s1. The summed E-state index contributed by atoms with van der Waals surface area (Å²) in [5.41, 5.74) is 0. The Morgan fingerprint density at radius 1 is 1.56 bits per heavy atom. The van der Waals surface area contributed by atoms with Gasteiger partial charge in [0.25, 0.3) is 0 Å². The van der Waals surface area contributed by atoms with Crippen LogP contribution in [0.4, 0.5) is 0 Å². The Hall–Kier alpha value is -1.10. The molecule has 1 aliphatic heterocycles. The molecule has 1 amide bonds. The van der Waals surface area contributed by atoms with Crippen LogP contribution in [0.15, 0.2) is 0 Å². The first-order valence-corrected chi connectivity index (χ1v) is 5.70. The second-order valence-corrected chi connectivity index (χ2v) is 4.28. The minimum Gasteiger partial charge on any atom is -0.481 e. The number of rotatable bonds is 6.